The van der Waals surface area contributed by atoms with E-state index in [2.05, 4.69) is 47.3 Å². The Morgan fingerprint density at radius 3 is 2.75 bits per heavy atom. The quantitative estimate of drug-likeness (QED) is 0.910. The lowest BCUT2D eigenvalue weighted by atomic mass is 9.95. The molecule has 2 aliphatic rings. The van der Waals surface area contributed by atoms with E-state index < -0.39 is 0 Å². The van der Waals surface area contributed by atoms with Gasteiger partial charge in [-0.15, -0.1) is 0 Å². The van der Waals surface area contributed by atoms with Crippen molar-refractivity contribution in [2.24, 2.45) is 0 Å². The van der Waals surface area contributed by atoms with E-state index >= 15 is 0 Å². The molecule has 2 aliphatic heterocycles. The molecule has 1 atom stereocenters. The summed E-state index contributed by atoms with van der Waals surface area (Å²) in [5.74, 6) is 0.724. The Kier molecular flexibility index (Phi) is 4.27. The van der Waals surface area contributed by atoms with Crippen molar-refractivity contribution in [2.45, 2.75) is 32.2 Å². The molecule has 0 spiro atoms. The second-order valence-corrected chi connectivity index (χ2v) is 6.37. The summed E-state index contributed by atoms with van der Waals surface area (Å²) in [6.45, 7) is 9.32. The molecule has 0 radical (unpaired) electrons. The Labute approximate surface area is 123 Å². The normalized spacial score (nSPS) is 23.6. The molecule has 0 saturated carbocycles. The van der Waals surface area contributed by atoms with E-state index in [-0.39, 0.29) is 0 Å². The molecule has 1 unspecified atom stereocenters. The Morgan fingerprint density at radius 2 is 2.00 bits per heavy atom. The van der Waals surface area contributed by atoms with Crippen molar-refractivity contribution in [1.29, 1.82) is 0 Å². The largest absolute Gasteiger partial charge is 0.384 e. The number of hydrogen-bond acceptors (Lipinski definition) is 3. The highest BCUT2D eigenvalue weighted by atomic mass is 15.2. The summed E-state index contributed by atoms with van der Waals surface area (Å²) >= 11 is 0. The first-order valence-electron chi connectivity index (χ1n) is 8.04. The fraction of sp³-hybridized carbons (Fsp3) is 0.647. The van der Waals surface area contributed by atoms with Crippen LogP contribution < -0.4 is 5.32 Å². The minimum atomic E-state index is 0.724. The Morgan fingerprint density at radius 1 is 1.20 bits per heavy atom. The highest BCUT2D eigenvalue weighted by Crippen LogP contribution is 2.35. The predicted molar refractivity (Wildman–Crippen MR) is 85.4 cm³/mol. The molecule has 110 valence electrons. The standard InChI is InChI=1S/C17H27N3/c1-3-4-15-12-18-17-6-5-14(11-16(15)17)13-20-9-7-19(2)8-10-20/h5-6,11,15,18H,3-4,7-10,12-13H2,1-2H3. The molecule has 0 aliphatic carbocycles. The number of nitrogens with one attached hydrogen (secondary N) is 1. The van der Waals surface area contributed by atoms with Crippen LogP contribution in [0.15, 0.2) is 18.2 Å². The molecule has 1 saturated heterocycles. The summed E-state index contributed by atoms with van der Waals surface area (Å²) in [7, 11) is 2.22. The summed E-state index contributed by atoms with van der Waals surface area (Å²) < 4.78 is 0. The average Bonchev–Trinajstić information content (AvgIpc) is 2.85. The van der Waals surface area contributed by atoms with Crippen molar-refractivity contribution < 1.29 is 0 Å². The van der Waals surface area contributed by atoms with Crippen LogP contribution in [0.3, 0.4) is 0 Å². The maximum atomic E-state index is 3.55. The lowest BCUT2D eigenvalue weighted by molar-refractivity contribution is 0.148. The van der Waals surface area contributed by atoms with Crippen LogP contribution in [-0.4, -0.2) is 49.6 Å². The molecule has 0 bridgehead atoms. The van der Waals surface area contributed by atoms with Gasteiger partial charge in [-0.25, -0.2) is 0 Å². The number of piperazine rings is 1. The molecule has 20 heavy (non-hydrogen) atoms. The second-order valence-electron chi connectivity index (χ2n) is 6.37. The molecule has 1 N–H and O–H groups in total. The van der Waals surface area contributed by atoms with Crippen LogP contribution in [-0.2, 0) is 6.54 Å². The van der Waals surface area contributed by atoms with Gasteiger partial charge in [0, 0.05) is 50.9 Å². The van der Waals surface area contributed by atoms with Crippen molar-refractivity contribution in [3.8, 4) is 0 Å². The number of nitrogens with zero attached hydrogens (tertiary/aromatic N) is 2. The Hall–Kier alpha value is -1.06. The highest BCUT2D eigenvalue weighted by molar-refractivity contribution is 5.58. The van der Waals surface area contributed by atoms with Crippen molar-refractivity contribution in [3.63, 3.8) is 0 Å². The number of benzene rings is 1. The third-order valence-corrected chi connectivity index (χ3v) is 4.73. The first kappa shape index (κ1) is 13.9. The van der Waals surface area contributed by atoms with Gasteiger partial charge in [0.1, 0.15) is 0 Å². The molecular weight excluding hydrogens is 246 g/mol. The first-order chi connectivity index (χ1) is 9.76. The number of rotatable bonds is 4. The van der Waals surface area contributed by atoms with Gasteiger partial charge in [0.05, 0.1) is 0 Å². The van der Waals surface area contributed by atoms with Crippen LogP contribution >= 0.6 is 0 Å². The summed E-state index contributed by atoms with van der Waals surface area (Å²) in [6, 6.07) is 7.04. The molecule has 0 aromatic heterocycles. The van der Waals surface area contributed by atoms with Crippen LogP contribution in [0.25, 0.3) is 0 Å². The summed E-state index contributed by atoms with van der Waals surface area (Å²) in [5.41, 5.74) is 4.40. The molecule has 3 rings (SSSR count). The molecule has 2 heterocycles. The number of fused-ring (bicyclic) bond motifs is 1. The van der Waals surface area contributed by atoms with Crippen LogP contribution in [0.1, 0.15) is 36.8 Å². The van der Waals surface area contributed by atoms with E-state index in [1.165, 1.54) is 50.3 Å². The molecule has 1 aromatic carbocycles. The molecule has 1 aromatic rings. The van der Waals surface area contributed by atoms with E-state index in [1.807, 2.05) is 0 Å². The van der Waals surface area contributed by atoms with Crippen molar-refractivity contribution in [3.05, 3.63) is 29.3 Å². The molecule has 3 nitrogen and oxygen atoms in total. The number of likely N-dealkylation sites (N-methyl/N-ethyl adjacent to an activating group) is 1. The lowest BCUT2D eigenvalue weighted by Crippen LogP contribution is -2.43. The monoisotopic (exact) mass is 273 g/mol. The molecule has 3 heteroatoms. The summed E-state index contributed by atoms with van der Waals surface area (Å²) in [5, 5.41) is 3.55. The van der Waals surface area contributed by atoms with E-state index in [0.717, 1.165) is 19.0 Å². The fourth-order valence-corrected chi connectivity index (χ4v) is 3.42. The van der Waals surface area contributed by atoms with Crippen LogP contribution in [0, 0.1) is 0 Å². The summed E-state index contributed by atoms with van der Waals surface area (Å²) in [4.78, 5) is 5.00. The third-order valence-electron chi connectivity index (χ3n) is 4.73. The topological polar surface area (TPSA) is 18.5 Å². The minimum absolute atomic E-state index is 0.724. The van der Waals surface area contributed by atoms with Crippen molar-refractivity contribution in [1.82, 2.24) is 9.80 Å². The van der Waals surface area contributed by atoms with E-state index in [4.69, 9.17) is 0 Å². The Balaban J connectivity index is 1.67. The maximum Gasteiger partial charge on any atom is 0.0376 e. The SMILES string of the molecule is CCCC1CNc2ccc(CN3CCN(C)CC3)cc21. The van der Waals surface area contributed by atoms with Crippen molar-refractivity contribution in [2.75, 3.05) is 45.1 Å². The van der Waals surface area contributed by atoms with Crippen molar-refractivity contribution >= 4 is 5.69 Å². The van der Waals surface area contributed by atoms with Gasteiger partial charge >= 0.3 is 0 Å². The van der Waals surface area contributed by atoms with Gasteiger partial charge in [-0.3, -0.25) is 4.90 Å². The minimum Gasteiger partial charge on any atom is -0.384 e. The molecular formula is C17H27N3. The third kappa shape index (κ3) is 2.99. The zero-order valence-electron chi connectivity index (χ0n) is 12.9. The van der Waals surface area contributed by atoms with E-state index in [9.17, 15) is 0 Å². The zero-order chi connectivity index (χ0) is 13.9. The van der Waals surface area contributed by atoms with Gasteiger partial charge in [-0.1, -0.05) is 25.5 Å². The summed E-state index contributed by atoms with van der Waals surface area (Å²) in [6.07, 6.45) is 2.58. The zero-order valence-corrected chi connectivity index (χ0v) is 12.9. The van der Waals surface area contributed by atoms with Gasteiger partial charge in [0.2, 0.25) is 0 Å². The van der Waals surface area contributed by atoms with Crippen LogP contribution in [0.2, 0.25) is 0 Å². The average molecular weight is 273 g/mol. The van der Waals surface area contributed by atoms with Gasteiger partial charge < -0.3 is 10.2 Å². The maximum absolute atomic E-state index is 3.55. The second kappa shape index (κ2) is 6.15. The fourth-order valence-electron chi connectivity index (χ4n) is 3.42. The highest BCUT2D eigenvalue weighted by Gasteiger charge is 2.22. The lowest BCUT2D eigenvalue weighted by Gasteiger charge is -2.32. The van der Waals surface area contributed by atoms with Crippen LogP contribution in [0.4, 0.5) is 5.69 Å². The Bertz CT molecular complexity index is 448. The number of hydrogen-bond donors (Lipinski definition) is 1. The first-order valence-corrected chi connectivity index (χ1v) is 8.04. The van der Waals surface area contributed by atoms with Gasteiger partial charge in [-0.05, 0) is 30.7 Å². The van der Waals surface area contributed by atoms with E-state index in [1.54, 1.807) is 5.56 Å². The van der Waals surface area contributed by atoms with E-state index in [0.29, 0.717) is 0 Å². The molecule has 0 amide bonds. The predicted octanol–water partition coefficient (Wildman–Crippen LogP) is 2.74. The van der Waals surface area contributed by atoms with Gasteiger partial charge in [-0.2, -0.15) is 0 Å². The number of anilines is 1. The molecule has 1 fully saturated rings. The van der Waals surface area contributed by atoms with Gasteiger partial charge in [0.15, 0.2) is 0 Å². The smallest absolute Gasteiger partial charge is 0.0376 e. The van der Waals surface area contributed by atoms with Crippen LogP contribution in [0.5, 0.6) is 0 Å². The van der Waals surface area contributed by atoms with Gasteiger partial charge in [0.25, 0.3) is 0 Å².